The molecule has 0 spiro atoms. The first-order valence-corrected chi connectivity index (χ1v) is 7.12. The SMILES string of the molecule is CC[C@H](CSC)N(C)C(=O)Nc1ccc(F)cn1. The third-order valence-electron chi connectivity index (χ3n) is 2.66. The Morgan fingerprint density at radius 2 is 2.33 bits per heavy atom. The summed E-state index contributed by atoms with van der Waals surface area (Å²) in [5.41, 5.74) is 0. The van der Waals surface area contributed by atoms with E-state index in [2.05, 4.69) is 10.3 Å². The molecular formula is C12H18FN3OS. The van der Waals surface area contributed by atoms with Gasteiger partial charge in [-0.05, 0) is 24.8 Å². The molecule has 100 valence electrons. The van der Waals surface area contributed by atoms with Crippen molar-refractivity contribution in [1.82, 2.24) is 9.88 Å². The summed E-state index contributed by atoms with van der Waals surface area (Å²) in [6, 6.07) is 2.66. The second kappa shape index (κ2) is 7.20. The van der Waals surface area contributed by atoms with Gasteiger partial charge in [0.15, 0.2) is 0 Å². The zero-order chi connectivity index (χ0) is 13.5. The Labute approximate surface area is 111 Å². The Hall–Kier alpha value is -1.30. The largest absolute Gasteiger partial charge is 0.324 e. The number of nitrogens with one attached hydrogen (secondary N) is 1. The zero-order valence-corrected chi connectivity index (χ0v) is 11.6. The van der Waals surface area contributed by atoms with Crippen LogP contribution in [0.1, 0.15) is 13.3 Å². The standard InChI is InChI=1S/C12H18FN3OS/c1-4-10(8-18-3)16(2)12(17)15-11-6-5-9(13)7-14-11/h5-7,10H,4,8H2,1-3H3,(H,14,15,17)/t10-/m1/s1. The van der Waals surface area contributed by atoms with Gasteiger partial charge in [0, 0.05) is 18.8 Å². The van der Waals surface area contributed by atoms with E-state index in [1.54, 1.807) is 23.7 Å². The lowest BCUT2D eigenvalue weighted by Crippen LogP contribution is -2.41. The molecule has 1 aromatic heterocycles. The number of urea groups is 1. The van der Waals surface area contributed by atoms with Crippen LogP contribution in [0, 0.1) is 5.82 Å². The van der Waals surface area contributed by atoms with Gasteiger partial charge in [-0.15, -0.1) is 0 Å². The Bertz CT molecular complexity index is 385. The van der Waals surface area contributed by atoms with Crippen molar-refractivity contribution in [2.75, 3.05) is 24.4 Å². The lowest BCUT2D eigenvalue weighted by Gasteiger charge is -2.26. The van der Waals surface area contributed by atoms with Gasteiger partial charge in [0.25, 0.3) is 0 Å². The molecule has 0 aliphatic carbocycles. The average Bonchev–Trinajstić information content (AvgIpc) is 2.37. The van der Waals surface area contributed by atoms with Gasteiger partial charge in [-0.1, -0.05) is 6.92 Å². The predicted molar refractivity (Wildman–Crippen MR) is 73.4 cm³/mol. The molecule has 1 atom stereocenters. The maximum atomic E-state index is 12.7. The molecule has 18 heavy (non-hydrogen) atoms. The number of carbonyl (C=O) groups excluding carboxylic acids is 1. The van der Waals surface area contributed by atoms with E-state index in [1.165, 1.54) is 12.1 Å². The highest BCUT2D eigenvalue weighted by atomic mass is 32.2. The average molecular weight is 271 g/mol. The van der Waals surface area contributed by atoms with Gasteiger partial charge in [0.2, 0.25) is 0 Å². The molecule has 0 radical (unpaired) electrons. The van der Waals surface area contributed by atoms with E-state index in [9.17, 15) is 9.18 Å². The van der Waals surface area contributed by atoms with Gasteiger partial charge in [-0.2, -0.15) is 11.8 Å². The summed E-state index contributed by atoms with van der Waals surface area (Å²) in [5.74, 6) is 0.819. The summed E-state index contributed by atoms with van der Waals surface area (Å²) in [4.78, 5) is 17.4. The van der Waals surface area contributed by atoms with Crippen molar-refractivity contribution < 1.29 is 9.18 Å². The number of hydrogen-bond acceptors (Lipinski definition) is 3. The number of aromatic nitrogens is 1. The number of halogens is 1. The van der Waals surface area contributed by atoms with Crippen molar-refractivity contribution in [3.8, 4) is 0 Å². The molecule has 1 rings (SSSR count). The lowest BCUT2D eigenvalue weighted by molar-refractivity contribution is 0.207. The number of nitrogens with zero attached hydrogens (tertiary/aromatic N) is 2. The first kappa shape index (κ1) is 14.8. The van der Waals surface area contributed by atoms with Crippen molar-refractivity contribution in [2.45, 2.75) is 19.4 Å². The Balaban J connectivity index is 2.61. The molecule has 1 aromatic rings. The van der Waals surface area contributed by atoms with Gasteiger partial charge < -0.3 is 4.90 Å². The molecule has 1 N–H and O–H groups in total. The van der Waals surface area contributed by atoms with E-state index in [1.807, 2.05) is 13.2 Å². The highest BCUT2D eigenvalue weighted by molar-refractivity contribution is 7.98. The fraction of sp³-hybridized carbons (Fsp3) is 0.500. The lowest BCUT2D eigenvalue weighted by atomic mass is 10.2. The van der Waals surface area contributed by atoms with E-state index < -0.39 is 5.82 Å². The van der Waals surface area contributed by atoms with E-state index >= 15 is 0 Å². The summed E-state index contributed by atoms with van der Waals surface area (Å²) in [5, 5.41) is 2.64. The topological polar surface area (TPSA) is 45.2 Å². The van der Waals surface area contributed by atoms with E-state index in [0.29, 0.717) is 5.82 Å². The van der Waals surface area contributed by atoms with Crippen LogP contribution in [0.15, 0.2) is 18.3 Å². The van der Waals surface area contributed by atoms with Gasteiger partial charge in [-0.3, -0.25) is 5.32 Å². The number of carbonyl (C=O) groups is 1. The van der Waals surface area contributed by atoms with Crippen LogP contribution in [0.2, 0.25) is 0 Å². The van der Waals surface area contributed by atoms with Crippen LogP contribution in [0.3, 0.4) is 0 Å². The molecule has 0 fully saturated rings. The van der Waals surface area contributed by atoms with Gasteiger partial charge in [-0.25, -0.2) is 14.2 Å². The monoisotopic (exact) mass is 271 g/mol. The fourth-order valence-corrected chi connectivity index (χ4v) is 2.35. The molecule has 0 aliphatic rings. The summed E-state index contributed by atoms with van der Waals surface area (Å²) >= 11 is 1.70. The number of rotatable bonds is 5. The molecule has 0 aromatic carbocycles. The van der Waals surface area contributed by atoms with Gasteiger partial charge in [0.05, 0.1) is 6.20 Å². The van der Waals surface area contributed by atoms with Crippen molar-refractivity contribution in [2.24, 2.45) is 0 Å². The second-order valence-corrected chi connectivity index (χ2v) is 4.83. The van der Waals surface area contributed by atoms with E-state index in [4.69, 9.17) is 0 Å². The van der Waals surface area contributed by atoms with Gasteiger partial charge in [0.1, 0.15) is 11.6 Å². The molecular weight excluding hydrogens is 253 g/mol. The number of hydrogen-bond donors (Lipinski definition) is 1. The maximum absolute atomic E-state index is 12.7. The van der Waals surface area contributed by atoms with Crippen LogP contribution >= 0.6 is 11.8 Å². The molecule has 6 heteroatoms. The number of thioether (sulfide) groups is 1. The molecule has 1 heterocycles. The minimum absolute atomic E-state index is 0.181. The van der Waals surface area contributed by atoms with Crippen molar-refractivity contribution >= 4 is 23.6 Å². The molecule has 0 unspecified atom stereocenters. The van der Waals surface area contributed by atoms with Crippen molar-refractivity contribution in [3.63, 3.8) is 0 Å². The van der Waals surface area contributed by atoms with Crippen molar-refractivity contribution in [1.29, 1.82) is 0 Å². The van der Waals surface area contributed by atoms with E-state index in [-0.39, 0.29) is 12.1 Å². The number of anilines is 1. The van der Waals surface area contributed by atoms with Crippen LogP contribution in [0.4, 0.5) is 15.0 Å². The zero-order valence-electron chi connectivity index (χ0n) is 10.8. The molecule has 0 saturated carbocycles. The second-order valence-electron chi connectivity index (χ2n) is 3.92. The van der Waals surface area contributed by atoms with Crippen LogP contribution < -0.4 is 5.32 Å². The third kappa shape index (κ3) is 4.18. The van der Waals surface area contributed by atoms with E-state index in [0.717, 1.165) is 18.4 Å². The number of amides is 2. The molecule has 0 aliphatic heterocycles. The summed E-state index contributed by atoms with van der Waals surface area (Å²) in [6.07, 6.45) is 3.98. The summed E-state index contributed by atoms with van der Waals surface area (Å²) < 4.78 is 12.7. The first-order chi connectivity index (χ1) is 8.58. The highest BCUT2D eigenvalue weighted by Crippen LogP contribution is 2.11. The third-order valence-corrected chi connectivity index (χ3v) is 3.38. The van der Waals surface area contributed by atoms with Crippen LogP contribution in [-0.4, -0.2) is 41.0 Å². The fourth-order valence-electron chi connectivity index (χ4n) is 1.51. The highest BCUT2D eigenvalue weighted by Gasteiger charge is 2.18. The van der Waals surface area contributed by atoms with Gasteiger partial charge >= 0.3 is 6.03 Å². The van der Waals surface area contributed by atoms with Crippen LogP contribution in [0.25, 0.3) is 0 Å². The summed E-state index contributed by atoms with van der Waals surface area (Å²) in [6.45, 7) is 2.04. The predicted octanol–water partition coefficient (Wildman–Crippen LogP) is 2.83. The minimum atomic E-state index is -0.421. The quantitative estimate of drug-likeness (QED) is 0.895. The Morgan fingerprint density at radius 1 is 1.61 bits per heavy atom. The molecule has 2 amide bonds. The van der Waals surface area contributed by atoms with Crippen LogP contribution in [0.5, 0.6) is 0 Å². The Morgan fingerprint density at radius 3 is 2.83 bits per heavy atom. The molecule has 0 bridgehead atoms. The molecule has 0 saturated heterocycles. The van der Waals surface area contributed by atoms with Crippen molar-refractivity contribution in [3.05, 3.63) is 24.1 Å². The minimum Gasteiger partial charge on any atom is -0.324 e. The maximum Gasteiger partial charge on any atom is 0.323 e. The molecule has 4 nitrogen and oxygen atoms in total. The van der Waals surface area contributed by atoms with Crippen LogP contribution in [-0.2, 0) is 0 Å². The Kier molecular flexibility index (Phi) is 5.91. The normalized spacial score (nSPS) is 12.0. The first-order valence-electron chi connectivity index (χ1n) is 5.72. The smallest absolute Gasteiger partial charge is 0.323 e. The summed E-state index contributed by atoms with van der Waals surface area (Å²) in [7, 11) is 1.75. The number of pyridine rings is 1.